The molecule has 2 fully saturated rings. The molecule has 0 bridgehead atoms. The number of nitrogens with one attached hydrogen (secondary N) is 1. The van der Waals surface area contributed by atoms with Crippen LogP contribution in [0.2, 0.25) is 0 Å². The number of fused-ring (bicyclic) bond motifs is 1. The summed E-state index contributed by atoms with van der Waals surface area (Å²) in [5.74, 6) is 0. The second kappa shape index (κ2) is 3.85. The fourth-order valence-corrected chi connectivity index (χ4v) is 2.79. The van der Waals surface area contributed by atoms with Gasteiger partial charge in [-0.25, -0.2) is 0 Å². The van der Waals surface area contributed by atoms with Crippen LogP contribution in [0.5, 0.6) is 0 Å². The van der Waals surface area contributed by atoms with Crippen molar-refractivity contribution in [1.82, 2.24) is 10.2 Å². The first-order valence-corrected chi connectivity index (χ1v) is 5.33. The van der Waals surface area contributed by atoms with E-state index in [0.29, 0.717) is 12.6 Å². The van der Waals surface area contributed by atoms with Gasteiger partial charge < -0.3 is 5.11 Å². The summed E-state index contributed by atoms with van der Waals surface area (Å²) in [5, 5.41) is 21.3. The monoisotopic (exact) mass is 195 g/mol. The smallest absolute Gasteiger partial charge is 0.123 e. The number of β-amino-alcohol motifs (C(OH)–C–C–N with tert-alkyl or cyclic N) is 1. The molecule has 0 aromatic heterocycles. The lowest BCUT2D eigenvalue weighted by molar-refractivity contribution is 0.237. The zero-order valence-corrected chi connectivity index (χ0v) is 8.37. The van der Waals surface area contributed by atoms with Crippen molar-refractivity contribution in [3.8, 4) is 6.07 Å². The van der Waals surface area contributed by atoms with Crippen LogP contribution in [0.4, 0.5) is 0 Å². The number of nitrogens with zero attached hydrogens (tertiary/aromatic N) is 2. The maximum Gasteiger partial charge on any atom is 0.123 e. The van der Waals surface area contributed by atoms with Gasteiger partial charge in [0, 0.05) is 19.1 Å². The molecule has 2 rings (SSSR count). The molecule has 14 heavy (non-hydrogen) atoms. The second-order valence-corrected chi connectivity index (χ2v) is 4.18. The van der Waals surface area contributed by atoms with Gasteiger partial charge in [0.2, 0.25) is 0 Å². The third-order valence-electron chi connectivity index (χ3n) is 3.48. The molecular formula is C10H17N3O. The maximum atomic E-state index is 9.27. The lowest BCUT2D eigenvalue weighted by Crippen LogP contribution is -2.52. The highest BCUT2D eigenvalue weighted by atomic mass is 16.3. The molecule has 4 heteroatoms. The van der Waals surface area contributed by atoms with Crippen molar-refractivity contribution in [3.63, 3.8) is 0 Å². The van der Waals surface area contributed by atoms with Gasteiger partial charge in [-0.05, 0) is 25.8 Å². The summed E-state index contributed by atoms with van der Waals surface area (Å²) < 4.78 is 0. The van der Waals surface area contributed by atoms with Crippen molar-refractivity contribution in [2.24, 2.45) is 0 Å². The van der Waals surface area contributed by atoms with E-state index in [1.165, 1.54) is 6.42 Å². The average molecular weight is 195 g/mol. The summed E-state index contributed by atoms with van der Waals surface area (Å²) >= 11 is 0. The topological polar surface area (TPSA) is 59.3 Å². The molecule has 2 N–H and O–H groups in total. The molecule has 4 nitrogen and oxygen atoms in total. The van der Waals surface area contributed by atoms with Crippen LogP contribution in [0, 0.1) is 11.3 Å². The normalized spacial score (nSPS) is 37.0. The Labute approximate surface area is 84.5 Å². The summed E-state index contributed by atoms with van der Waals surface area (Å²) in [7, 11) is 0. The van der Waals surface area contributed by atoms with Crippen molar-refractivity contribution < 1.29 is 5.11 Å². The van der Waals surface area contributed by atoms with E-state index in [0.717, 1.165) is 25.9 Å². The van der Waals surface area contributed by atoms with E-state index in [2.05, 4.69) is 16.3 Å². The second-order valence-electron chi connectivity index (χ2n) is 4.18. The van der Waals surface area contributed by atoms with Gasteiger partial charge in [0.15, 0.2) is 0 Å². The van der Waals surface area contributed by atoms with Crippen molar-refractivity contribution in [1.29, 1.82) is 5.26 Å². The Morgan fingerprint density at radius 2 is 2.43 bits per heavy atom. The fraction of sp³-hybridized carbons (Fsp3) is 0.900. The molecule has 2 atom stereocenters. The highest BCUT2D eigenvalue weighted by Gasteiger charge is 2.49. The molecule has 0 aliphatic carbocycles. The van der Waals surface area contributed by atoms with Crippen molar-refractivity contribution >= 4 is 0 Å². The van der Waals surface area contributed by atoms with Crippen molar-refractivity contribution in [2.45, 2.75) is 30.8 Å². The number of hydrogen-bond donors (Lipinski definition) is 2. The Morgan fingerprint density at radius 1 is 1.57 bits per heavy atom. The third kappa shape index (κ3) is 1.42. The Bertz CT molecular complexity index is 250. The van der Waals surface area contributed by atoms with Gasteiger partial charge in [0.25, 0.3) is 0 Å². The zero-order chi connectivity index (χ0) is 10.0. The molecule has 2 saturated heterocycles. The number of nitriles is 1. The third-order valence-corrected chi connectivity index (χ3v) is 3.48. The maximum absolute atomic E-state index is 9.27. The largest absolute Gasteiger partial charge is 0.395 e. The van der Waals surface area contributed by atoms with Gasteiger partial charge in [-0.2, -0.15) is 5.26 Å². The molecule has 0 aromatic carbocycles. The standard InChI is InChI=1S/C10H17N3O/c11-8-10(12-4-7-14)3-6-13-5-1-2-9(10)13/h9,12,14H,1-7H2. The molecule has 0 spiro atoms. The molecule has 78 valence electrons. The van der Waals surface area contributed by atoms with E-state index in [-0.39, 0.29) is 12.1 Å². The Kier molecular flexibility index (Phi) is 2.73. The van der Waals surface area contributed by atoms with E-state index in [9.17, 15) is 5.26 Å². The Morgan fingerprint density at radius 3 is 3.14 bits per heavy atom. The van der Waals surface area contributed by atoms with Gasteiger partial charge in [-0.3, -0.25) is 10.2 Å². The SMILES string of the molecule is N#CC1(NCCO)CCN2CCCC21. The van der Waals surface area contributed by atoms with Crippen LogP contribution in [-0.2, 0) is 0 Å². The highest BCUT2D eigenvalue weighted by Crippen LogP contribution is 2.35. The van der Waals surface area contributed by atoms with Crippen LogP contribution in [0.1, 0.15) is 19.3 Å². The molecule has 2 aliphatic rings. The Balaban J connectivity index is 2.08. The number of hydrogen-bond acceptors (Lipinski definition) is 4. The van der Waals surface area contributed by atoms with Crippen molar-refractivity contribution in [2.75, 3.05) is 26.2 Å². The first-order chi connectivity index (χ1) is 6.82. The lowest BCUT2D eigenvalue weighted by Gasteiger charge is -2.29. The van der Waals surface area contributed by atoms with E-state index in [1.54, 1.807) is 0 Å². The van der Waals surface area contributed by atoms with Gasteiger partial charge in [0.1, 0.15) is 5.54 Å². The molecule has 0 radical (unpaired) electrons. The minimum absolute atomic E-state index is 0.107. The molecule has 0 amide bonds. The number of aliphatic hydroxyl groups is 1. The zero-order valence-electron chi connectivity index (χ0n) is 8.37. The van der Waals surface area contributed by atoms with E-state index >= 15 is 0 Å². The highest BCUT2D eigenvalue weighted by molar-refractivity contribution is 5.19. The molecule has 0 saturated carbocycles. The molecular weight excluding hydrogens is 178 g/mol. The minimum Gasteiger partial charge on any atom is -0.395 e. The number of aliphatic hydroxyl groups excluding tert-OH is 1. The summed E-state index contributed by atoms with van der Waals surface area (Å²) in [4.78, 5) is 2.40. The van der Waals surface area contributed by atoms with Gasteiger partial charge in [0.05, 0.1) is 12.7 Å². The fourth-order valence-electron chi connectivity index (χ4n) is 2.79. The van der Waals surface area contributed by atoms with E-state index in [1.807, 2.05) is 0 Å². The summed E-state index contributed by atoms with van der Waals surface area (Å²) in [5.41, 5.74) is -0.390. The molecule has 2 unspecified atom stereocenters. The van der Waals surface area contributed by atoms with Gasteiger partial charge >= 0.3 is 0 Å². The van der Waals surface area contributed by atoms with Crippen LogP contribution < -0.4 is 5.32 Å². The summed E-state index contributed by atoms with van der Waals surface area (Å²) in [6.07, 6.45) is 3.22. The van der Waals surface area contributed by atoms with Gasteiger partial charge in [-0.1, -0.05) is 0 Å². The van der Waals surface area contributed by atoms with Crippen LogP contribution in [0.15, 0.2) is 0 Å². The average Bonchev–Trinajstić information content (AvgIpc) is 2.77. The minimum atomic E-state index is -0.390. The number of rotatable bonds is 3. The predicted molar refractivity (Wildman–Crippen MR) is 52.6 cm³/mol. The van der Waals surface area contributed by atoms with Crippen LogP contribution in [0.25, 0.3) is 0 Å². The first kappa shape index (κ1) is 9.91. The van der Waals surface area contributed by atoms with E-state index in [4.69, 9.17) is 5.11 Å². The van der Waals surface area contributed by atoms with Crippen LogP contribution >= 0.6 is 0 Å². The molecule has 0 aromatic rings. The van der Waals surface area contributed by atoms with E-state index < -0.39 is 0 Å². The predicted octanol–water partition coefficient (Wildman–Crippen LogP) is -0.301. The van der Waals surface area contributed by atoms with Crippen LogP contribution in [0.3, 0.4) is 0 Å². The summed E-state index contributed by atoms with van der Waals surface area (Å²) in [6.45, 7) is 2.79. The van der Waals surface area contributed by atoms with Gasteiger partial charge in [-0.15, -0.1) is 0 Å². The van der Waals surface area contributed by atoms with Crippen molar-refractivity contribution in [3.05, 3.63) is 0 Å². The Hall–Kier alpha value is -0.630. The summed E-state index contributed by atoms with van der Waals surface area (Å²) in [6, 6.07) is 2.79. The molecule has 2 aliphatic heterocycles. The molecule has 2 heterocycles. The quantitative estimate of drug-likeness (QED) is 0.649. The lowest BCUT2D eigenvalue weighted by atomic mass is 9.90. The van der Waals surface area contributed by atoms with Crippen LogP contribution in [-0.4, -0.2) is 47.8 Å². The first-order valence-electron chi connectivity index (χ1n) is 5.33.